The SMILES string of the molecule is Cc1cn2nc(-c3cc(F)c4nc(N(C)C5C[C@H]6CC[C@@H](C5)N6)sc4c3)cc(C(N)=O)c2n1. The second kappa shape index (κ2) is 7.46. The average molecular weight is 466 g/mol. The maximum atomic E-state index is 15.1. The number of halogens is 1. The van der Waals surface area contributed by atoms with Gasteiger partial charge in [0.05, 0.1) is 27.8 Å². The largest absolute Gasteiger partial charge is 0.365 e. The number of carbonyl (C=O) groups is 1. The van der Waals surface area contributed by atoms with E-state index in [1.165, 1.54) is 34.8 Å². The number of amides is 1. The van der Waals surface area contributed by atoms with Crippen LogP contribution in [0, 0.1) is 12.7 Å². The van der Waals surface area contributed by atoms with Crippen molar-refractivity contribution in [3.63, 3.8) is 0 Å². The van der Waals surface area contributed by atoms with Gasteiger partial charge < -0.3 is 16.0 Å². The molecule has 2 fully saturated rings. The molecule has 0 saturated carbocycles. The summed E-state index contributed by atoms with van der Waals surface area (Å²) in [6, 6.07) is 6.41. The minimum atomic E-state index is -0.603. The van der Waals surface area contributed by atoms with Crippen LogP contribution in [-0.2, 0) is 0 Å². The molecule has 3 atom stereocenters. The van der Waals surface area contributed by atoms with E-state index >= 15 is 4.39 Å². The Hall–Kier alpha value is -3.11. The van der Waals surface area contributed by atoms with E-state index in [1.54, 1.807) is 12.3 Å². The second-order valence-electron chi connectivity index (χ2n) is 9.13. The van der Waals surface area contributed by atoms with E-state index in [1.807, 2.05) is 13.0 Å². The van der Waals surface area contributed by atoms with Crippen molar-refractivity contribution in [1.29, 1.82) is 0 Å². The van der Waals surface area contributed by atoms with Crippen LogP contribution in [0.15, 0.2) is 24.4 Å². The molecule has 1 unspecified atom stereocenters. The highest BCUT2D eigenvalue weighted by Gasteiger charge is 2.36. The van der Waals surface area contributed by atoms with Crippen LogP contribution < -0.4 is 16.0 Å². The fourth-order valence-electron chi connectivity index (χ4n) is 5.19. The topological polar surface area (TPSA) is 101 Å². The predicted molar refractivity (Wildman–Crippen MR) is 126 cm³/mol. The van der Waals surface area contributed by atoms with Crippen LogP contribution in [0.25, 0.3) is 27.1 Å². The van der Waals surface area contributed by atoms with E-state index in [2.05, 4.69) is 32.3 Å². The molecule has 1 aromatic carbocycles. The number of nitrogens with two attached hydrogens (primary N) is 1. The lowest BCUT2D eigenvalue weighted by molar-refractivity contribution is 0.100. The molecule has 0 aliphatic carbocycles. The van der Waals surface area contributed by atoms with Gasteiger partial charge in [-0.15, -0.1) is 0 Å². The first-order valence-corrected chi connectivity index (χ1v) is 11.9. The van der Waals surface area contributed by atoms with E-state index < -0.39 is 11.7 Å². The van der Waals surface area contributed by atoms with E-state index in [0.29, 0.717) is 46.2 Å². The van der Waals surface area contributed by atoms with Crippen LogP contribution >= 0.6 is 11.3 Å². The van der Waals surface area contributed by atoms with Crippen molar-refractivity contribution in [2.45, 2.75) is 50.7 Å². The lowest BCUT2D eigenvalue weighted by atomic mass is 9.99. The molecule has 1 amide bonds. The highest BCUT2D eigenvalue weighted by molar-refractivity contribution is 7.22. The van der Waals surface area contributed by atoms with Gasteiger partial charge in [-0.1, -0.05) is 11.3 Å². The molecule has 170 valence electrons. The van der Waals surface area contributed by atoms with Crippen LogP contribution in [0.2, 0.25) is 0 Å². The normalized spacial score (nSPS) is 22.3. The van der Waals surface area contributed by atoms with Gasteiger partial charge in [-0.25, -0.2) is 18.9 Å². The van der Waals surface area contributed by atoms with Crippen molar-refractivity contribution < 1.29 is 9.18 Å². The van der Waals surface area contributed by atoms with Crippen molar-refractivity contribution >= 4 is 38.2 Å². The number of aromatic nitrogens is 4. The molecule has 8 nitrogen and oxygen atoms in total. The summed E-state index contributed by atoms with van der Waals surface area (Å²) in [5, 5.41) is 9.03. The Labute approximate surface area is 193 Å². The summed E-state index contributed by atoms with van der Waals surface area (Å²) in [5.74, 6) is -1.01. The first kappa shape index (κ1) is 20.5. The zero-order chi connectivity index (χ0) is 22.9. The van der Waals surface area contributed by atoms with Crippen molar-refractivity contribution in [2.75, 3.05) is 11.9 Å². The number of thiazole rings is 1. The molecule has 33 heavy (non-hydrogen) atoms. The number of rotatable bonds is 4. The lowest BCUT2D eigenvalue weighted by Crippen LogP contribution is -2.47. The Balaban J connectivity index is 1.40. The van der Waals surface area contributed by atoms with Crippen molar-refractivity contribution in [3.8, 4) is 11.3 Å². The van der Waals surface area contributed by atoms with Gasteiger partial charge in [-0.3, -0.25) is 4.79 Å². The van der Waals surface area contributed by atoms with Crippen LogP contribution in [0.5, 0.6) is 0 Å². The molecule has 2 aliphatic rings. The summed E-state index contributed by atoms with van der Waals surface area (Å²) in [6.07, 6.45) is 6.34. The van der Waals surface area contributed by atoms with Crippen molar-refractivity contribution in [2.24, 2.45) is 5.73 Å². The summed E-state index contributed by atoms with van der Waals surface area (Å²) in [6.45, 7) is 1.81. The molecule has 2 bridgehead atoms. The Morgan fingerprint density at radius 1 is 1.24 bits per heavy atom. The number of hydrogen-bond acceptors (Lipinski definition) is 7. The minimum absolute atomic E-state index is 0.249. The van der Waals surface area contributed by atoms with E-state index in [9.17, 15) is 4.79 Å². The zero-order valence-electron chi connectivity index (χ0n) is 18.4. The van der Waals surface area contributed by atoms with Gasteiger partial charge in [0, 0.05) is 30.7 Å². The standard InChI is InChI=1S/C23H24FN7OS/c1-11-10-31-22(26-11)16(21(25)32)9-18(29-31)12-5-17(24)20-19(6-12)33-23(28-20)30(2)15-7-13-3-4-14(8-15)27-13/h5-6,9-10,13-15,27H,3-4,7-8H2,1-2H3,(H2,25,32)/t13-,14+,15?. The summed E-state index contributed by atoms with van der Waals surface area (Å²) in [5.41, 5.74) is 8.30. The van der Waals surface area contributed by atoms with Gasteiger partial charge in [0.15, 0.2) is 16.6 Å². The highest BCUT2D eigenvalue weighted by atomic mass is 32.1. The van der Waals surface area contributed by atoms with Crippen molar-refractivity contribution in [1.82, 2.24) is 24.9 Å². The molecule has 0 radical (unpaired) electrons. The number of carbonyl (C=O) groups excluding carboxylic acids is 1. The number of aryl methyl sites for hydroxylation is 1. The Morgan fingerprint density at radius 2 is 2.00 bits per heavy atom. The highest BCUT2D eigenvalue weighted by Crippen LogP contribution is 2.37. The number of benzene rings is 1. The molecule has 4 aromatic rings. The molecular weight excluding hydrogens is 441 g/mol. The second-order valence-corrected chi connectivity index (χ2v) is 10.1. The summed E-state index contributed by atoms with van der Waals surface area (Å²) in [7, 11) is 2.06. The molecule has 0 spiro atoms. The van der Waals surface area contributed by atoms with Crippen molar-refractivity contribution in [3.05, 3.63) is 41.5 Å². The summed E-state index contributed by atoms with van der Waals surface area (Å²) < 4.78 is 17.4. The molecule has 2 aliphatic heterocycles. The fourth-order valence-corrected chi connectivity index (χ4v) is 6.24. The van der Waals surface area contributed by atoms with Gasteiger partial charge >= 0.3 is 0 Å². The Morgan fingerprint density at radius 3 is 2.73 bits per heavy atom. The molecule has 5 heterocycles. The molecule has 2 saturated heterocycles. The summed E-state index contributed by atoms with van der Waals surface area (Å²) in [4.78, 5) is 23.2. The number of hydrogen-bond donors (Lipinski definition) is 2. The quantitative estimate of drug-likeness (QED) is 0.480. The smallest absolute Gasteiger partial charge is 0.252 e. The number of anilines is 1. The van der Waals surface area contributed by atoms with Gasteiger partial charge in [-0.2, -0.15) is 5.10 Å². The first-order valence-electron chi connectivity index (χ1n) is 11.1. The predicted octanol–water partition coefficient (Wildman–Crippen LogP) is 3.27. The zero-order valence-corrected chi connectivity index (χ0v) is 19.2. The van der Waals surface area contributed by atoms with Crippen LogP contribution in [0.1, 0.15) is 41.7 Å². The number of nitrogens with one attached hydrogen (secondary N) is 1. The average Bonchev–Trinajstić information content (AvgIpc) is 3.47. The van der Waals surface area contributed by atoms with E-state index in [-0.39, 0.29) is 5.56 Å². The third kappa shape index (κ3) is 3.44. The van der Waals surface area contributed by atoms with Crippen LogP contribution in [-0.4, -0.2) is 50.7 Å². The van der Waals surface area contributed by atoms with Gasteiger partial charge in [0.2, 0.25) is 0 Å². The summed E-state index contributed by atoms with van der Waals surface area (Å²) >= 11 is 1.48. The Bertz CT molecular complexity index is 1400. The molecule has 3 aromatic heterocycles. The third-order valence-corrected chi connectivity index (χ3v) is 7.93. The molecule has 3 N–H and O–H groups in total. The van der Waals surface area contributed by atoms with Crippen LogP contribution in [0.3, 0.4) is 0 Å². The molecular formula is C23H24FN7OS. The maximum Gasteiger partial charge on any atom is 0.252 e. The van der Waals surface area contributed by atoms with Gasteiger partial charge in [0.1, 0.15) is 5.52 Å². The van der Waals surface area contributed by atoms with Crippen LogP contribution in [0.4, 0.5) is 9.52 Å². The molecule has 10 heteroatoms. The fraction of sp³-hybridized carbons (Fsp3) is 0.391. The number of piperidine rings is 1. The number of fused-ring (bicyclic) bond motifs is 4. The number of nitrogens with zero attached hydrogens (tertiary/aromatic N) is 5. The van der Waals surface area contributed by atoms with E-state index in [4.69, 9.17) is 5.73 Å². The molecule has 6 rings (SSSR count). The number of imidazole rings is 1. The maximum absolute atomic E-state index is 15.1. The Kier molecular flexibility index (Phi) is 4.63. The van der Waals surface area contributed by atoms with E-state index in [0.717, 1.165) is 22.7 Å². The first-order chi connectivity index (χ1) is 15.9. The third-order valence-electron chi connectivity index (χ3n) is 6.84. The lowest BCUT2D eigenvalue weighted by Gasteiger charge is -2.35. The van der Waals surface area contributed by atoms with Gasteiger partial charge in [-0.05, 0) is 50.8 Å². The van der Waals surface area contributed by atoms with Gasteiger partial charge in [0.25, 0.3) is 5.91 Å². The monoisotopic (exact) mass is 465 g/mol. The number of primary amides is 1. The minimum Gasteiger partial charge on any atom is -0.365 e.